The molecule has 4 N–H and O–H groups in total. The van der Waals surface area contributed by atoms with Crippen LogP contribution in [-0.2, 0) is 0 Å². The first-order valence-corrected chi connectivity index (χ1v) is 14.9. The molecule has 1 heterocycles. The largest absolute Gasteiger partial charge is 0.388 e. The van der Waals surface area contributed by atoms with Gasteiger partial charge >= 0.3 is 0 Å². The highest BCUT2D eigenvalue weighted by Gasteiger charge is 2.12. The molecule has 0 saturated carbocycles. The van der Waals surface area contributed by atoms with Gasteiger partial charge in [0.15, 0.2) is 0 Å². The number of nitrogens with one attached hydrogen (secondary N) is 4. The summed E-state index contributed by atoms with van der Waals surface area (Å²) in [6.07, 6.45) is 0. The molecule has 6 rings (SSSR count). The lowest BCUT2D eigenvalue weighted by atomic mass is 9.95. The molecule has 0 aliphatic rings. The van der Waals surface area contributed by atoms with Gasteiger partial charge in [0.2, 0.25) is 0 Å². The van der Waals surface area contributed by atoms with E-state index in [-0.39, 0.29) is 0 Å². The molecular formula is C39H37N5. The van der Waals surface area contributed by atoms with Gasteiger partial charge in [-0.15, -0.1) is 0 Å². The van der Waals surface area contributed by atoms with Crippen LogP contribution in [0.3, 0.4) is 0 Å². The van der Waals surface area contributed by atoms with Crippen molar-refractivity contribution >= 4 is 22.7 Å². The van der Waals surface area contributed by atoms with E-state index in [1.807, 2.05) is 28.2 Å². The van der Waals surface area contributed by atoms with E-state index in [2.05, 4.69) is 149 Å². The Labute approximate surface area is 260 Å². The van der Waals surface area contributed by atoms with Gasteiger partial charge in [0, 0.05) is 67.6 Å². The molecule has 5 heteroatoms. The molecule has 0 unspecified atom stereocenters. The maximum atomic E-state index is 5.12. The van der Waals surface area contributed by atoms with Crippen molar-refractivity contribution in [3.63, 3.8) is 0 Å². The third kappa shape index (κ3) is 5.99. The van der Waals surface area contributed by atoms with E-state index in [9.17, 15) is 0 Å². The van der Waals surface area contributed by atoms with Crippen molar-refractivity contribution in [2.75, 3.05) is 49.5 Å². The molecule has 0 fully saturated rings. The Hall–Kier alpha value is -5.55. The molecule has 0 saturated heterocycles. The highest BCUT2D eigenvalue weighted by Crippen LogP contribution is 2.35. The van der Waals surface area contributed by atoms with Crippen LogP contribution in [-0.4, -0.2) is 33.2 Å². The van der Waals surface area contributed by atoms with Crippen molar-refractivity contribution in [2.45, 2.75) is 0 Å². The average Bonchev–Trinajstić information content (AvgIpc) is 3.11. The van der Waals surface area contributed by atoms with Crippen LogP contribution in [0, 0.1) is 0 Å². The molecule has 0 radical (unpaired) electrons. The molecular weight excluding hydrogens is 538 g/mol. The van der Waals surface area contributed by atoms with Crippen molar-refractivity contribution in [3.05, 3.63) is 127 Å². The number of benzene rings is 5. The summed E-state index contributed by atoms with van der Waals surface area (Å²) in [4.78, 5) is 5.12. The zero-order chi connectivity index (χ0) is 30.5. The summed E-state index contributed by atoms with van der Waals surface area (Å²) in [5.74, 6) is 0. The van der Waals surface area contributed by atoms with Crippen LogP contribution in [0.1, 0.15) is 0 Å². The first-order chi connectivity index (χ1) is 21.6. The molecule has 0 atom stereocenters. The van der Waals surface area contributed by atoms with Gasteiger partial charge < -0.3 is 21.3 Å². The lowest BCUT2D eigenvalue weighted by Crippen LogP contribution is -1.95. The summed E-state index contributed by atoms with van der Waals surface area (Å²) >= 11 is 0. The molecule has 5 nitrogen and oxygen atoms in total. The first-order valence-electron chi connectivity index (χ1n) is 14.9. The van der Waals surface area contributed by atoms with Crippen LogP contribution >= 0.6 is 0 Å². The van der Waals surface area contributed by atoms with Crippen molar-refractivity contribution in [3.8, 4) is 55.9 Å². The number of rotatable bonds is 9. The molecule has 0 bridgehead atoms. The summed E-state index contributed by atoms with van der Waals surface area (Å²) < 4.78 is 0. The third-order valence-corrected chi connectivity index (χ3v) is 8.02. The second kappa shape index (κ2) is 12.8. The second-order valence-electron chi connectivity index (χ2n) is 10.7. The number of anilines is 4. The van der Waals surface area contributed by atoms with Crippen LogP contribution < -0.4 is 21.3 Å². The maximum absolute atomic E-state index is 5.12. The summed E-state index contributed by atoms with van der Waals surface area (Å²) in [6.45, 7) is 0. The van der Waals surface area contributed by atoms with Crippen molar-refractivity contribution in [1.82, 2.24) is 4.98 Å². The van der Waals surface area contributed by atoms with Crippen LogP contribution in [0.5, 0.6) is 0 Å². The Morgan fingerprint density at radius 2 is 0.864 bits per heavy atom. The monoisotopic (exact) mass is 575 g/mol. The number of nitrogens with zero attached hydrogens (tertiary/aromatic N) is 1. The Balaban J connectivity index is 1.39. The van der Waals surface area contributed by atoms with Crippen LogP contribution in [0.4, 0.5) is 22.7 Å². The van der Waals surface area contributed by atoms with Gasteiger partial charge in [-0.25, -0.2) is 4.98 Å². The Bertz CT molecular complexity index is 1840. The summed E-state index contributed by atoms with van der Waals surface area (Å²) in [5.41, 5.74) is 15.3. The van der Waals surface area contributed by atoms with Gasteiger partial charge in [-0.05, 0) is 88.5 Å². The molecule has 0 spiro atoms. The summed E-state index contributed by atoms with van der Waals surface area (Å²) in [5, 5.41) is 13.1. The standard InChI is InChI=1S/C39H37N5/c1-40-33-12-6-10-30(21-33)38-23-32(24-39(44-38)31-11-7-13-34(22-31)41-2)27-16-14-26(15-17-27)28-8-5-9-29(20-28)36-25-35(42-3)18-19-37(36)43-4/h5-25,40-43H,1-4H3. The SMILES string of the molecule is CNc1cccc(-c2cc(-c3ccc(-c4cccc(-c5cc(NC)ccc5NC)c4)cc3)cc(-c3cccc(NC)c3)n2)c1. The summed E-state index contributed by atoms with van der Waals surface area (Å²) in [6, 6.07) is 45.1. The topological polar surface area (TPSA) is 61.0 Å². The second-order valence-corrected chi connectivity index (χ2v) is 10.7. The van der Waals surface area contributed by atoms with Gasteiger partial charge in [-0.2, -0.15) is 0 Å². The van der Waals surface area contributed by atoms with Crippen molar-refractivity contribution < 1.29 is 0 Å². The fourth-order valence-corrected chi connectivity index (χ4v) is 5.54. The normalized spacial score (nSPS) is 10.7. The molecule has 0 amide bonds. The number of hydrogen-bond donors (Lipinski definition) is 4. The lowest BCUT2D eigenvalue weighted by molar-refractivity contribution is 1.32. The van der Waals surface area contributed by atoms with E-state index in [0.717, 1.165) is 56.4 Å². The predicted molar refractivity (Wildman–Crippen MR) is 190 cm³/mol. The van der Waals surface area contributed by atoms with Crippen molar-refractivity contribution in [1.29, 1.82) is 0 Å². The molecule has 218 valence electrons. The van der Waals surface area contributed by atoms with Crippen LogP contribution in [0.25, 0.3) is 55.9 Å². The van der Waals surface area contributed by atoms with Crippen LogP contribution in [0.2, 0.25) is 0 Å². The van der Waals surface area contributed by atoms with Gasteiger partial charge in [0.05, 0.1) is 11.4 Å². The highest BCUT2D eigenvalue weighted by atomic mass is 14.8. The maximum Gasteiger partial charge on any atom is 0.0716 e. The van der Waals surface area contributed by atoms with Crippen molar-refractivity contribution in [2.24, 2.45) is 0 Å². The van der Waals surface area contributed by atoms with Crippen LogP contribution in [0.15, 0.2) is 127 Å². The average molecular weight is 576 g/mol. The Morgan fingerprint density at radius 1 is 0.364 bits per heavy atom. The number of aromatic nitrogens is 1. The molecule has 0 aliphatic heterocycles. The van der Waals surface area contributed by atoms with Gasteiger partial charge in [-0.3, -0.25) is 0 Å². The smallest absolute Gasteiger partial charge is 0.0716 e. The zero-order valence-corrected chi connectivity index (χ0v) is 25.6. The molecule has 44 heavy (non-hydrogen) atoms. The molecule has 1 aromatic heterocycles. The fraction of sp³-hybridized carbons (Fsp3) is 0.103. The molecule has 6 aromatic rings. The summed E-state index contributed by atoms with van der Waals surface area (Å²) in [7, 11) is 7.79. The van der Waals surface area contributed by atoms with E-state index in [0.29, 0.717) is 0 Å². The predicted octanol–water partition coefficient (Wildman–Crippen LogP) is 9.58. The number of pyridine rings is 1. The highest BCUT2D eigenvalue weighted by molar-refractivity contribution is 5.84. The van der Waals surface area contributed by atoms with E-state index in [1.54, 1.807) is 0 Å². The molecule has 5 aromatic carbocycles. The minimum absolute atomic E-state index is 0.936. The minimum Gasteiger partial charge on any atom is -0.388 e. The third-order valence-electron chi connectivity index (χ3n) is 8.02. The quantitative estimate of drug-likeness (QED) is 0.138. The Kier molecular flexibility index (Phi) is 8.28. The lowest BCUT2D eigenvalue weighted by Gasteiger charge is -2.14. The first kappa shape index (κ1) is 28.6. The van der Waals surface area contributed by atoms with Gasteiger partial charge in [0.25, 0.3) is 0 Å². The Morgan fingerprint density at radius 3 is 1.43 bits per heavy atom. The van der Waals surface area contributed by atoms with E-state index in [4.69, 9.17) is 4.98 Å². The minimum atomic E-state index is 0.936. The zero-order valence-electron chi connectivity index (χ0n) is 25.6. The number of hydrogen-bond acceptors (Lipinski definition) is 5. The molecule has 0 aliphatic carbocycles. The van der Waals surface area contributed by atoms with Gasteiger partial charge in [-0.1, -0.05) is 66.7 Å². The van der Waals surface area contributed by atoms with E-state index < -0.39 is 0 Å². The van der Waals surface area contributed by atoms with Gasteiger partial charge in [0.1, 0.15) is 0 Å². The van der Waals surface area contributed by atoms with E-state index >= 15 is 0 Å². The fourth-order valence-electron chi connectivity index (χ4n) is 5.54. The van der Waals surface area contributed by atoms with E-state index in [1.165, 1.54) is 22.3 Å².